The van der Waals surface area contributed by atoms with E-state index in [1.165, 1.54) is 6.33 Å². The molecule has 3 heterocycles. The number of aliphatic hydroxyl groups excluding tert-OH is 2. The third-order valence-corrected chi connectivity index (χ3v) is 5.13. The first kappa shape index (κ1) is 19.6. The number of hydrogen-bond donors (Lipinski definition) is 5. The highest BCUT2D eigenvalue weighted by molar-refractivity contribution is 5.86. The molecule has 0 amide bonds. The van der Waals surface area contributed by atoms with E-state index >= 15 is 0 Å². The maximum Gasteiger partial charge on any atom is 0.164 e. The molecule has 1 aliphatic rings. The number of nitrogen functional groups attached to an aromatic ring is 1. The fourth-order valence-corrected chi connectivity index (χ4v) is 3.51. The van der Waals surface area contributed by atoms with Crippen molar-refractivity contribution >= 4 is 23.1 Å². The van der Waals surface area contributed by atoms with Crippen LogP contribution >= 0.6 is 0 Å². The molecule has 1 aliphatic heterocycles. The molecule has 1 saturated heterocycles. The molecule has 1 fully saturated rings. The number of hydrogen-bond acceptors (Lipinski definition) is 9. The van der Waals surface area contributed by atoms with Crippen LogP contribution in [0.1, 0.15) is 25.5 Å². The van der Waals surface area contributed by atoms with Crippen LogP contribution in [0.5, 0.6) is 0 Å². The summed E-state index contributed by atoms with van der Waals surface area (Å²) in [5.74, 6) is 0.346. The van der Waals surface area contributed by atoms with E-state index in [0.717, 1.165) is 0 Å². The van der Waals surface area contributed by atoms with Crippen LogP contribution in [-0.2, 0) is 9.53 Å². The zero-order valence-corrected chi connectivity index (χ0v) is 14.9. The van der Waals surface area contributed by atoms with Crippen molar-refractivity contribution < 1.29 is 19.7 Å². The van der Waals surface area contributed by atoms with Crippen LogP contribution < -0.4 is 17.2 Å². The molecule has 0 saturated carbocycles. The zero-order valence-electron chi connectivity index (χ0n) is 14.9. The smallest absolute Gasteiger partial charge is 0.164 e. The number of carbonyl (C=O) groups excluding carboxylic acids is 1. The van der Waals surface area contributed by atoms with Crippen molar-refractivity contribution in [2.24, 2.45) is 17.4 Å². The van der Waals surface area contributed by atoms with E-state index in [9.17, 15) is 15.0 Å². The number of nitrogens with two attached hydrogens (primary N) is 3. The molecule has 8 N–H and O–H groups in total. The molecule has 0 bridgehead atoms. The standard InChI is InChI=1S/C17H26N6O4/c18-6-9(1-2-10(19)7-24)5-12-13(25)14(26)17(27-12)23-4-3-11-15(20)21-8-22-16(11)23/h3-4,7-10,12-14,17,25-26H,1-2,5-6,18-19H2,(H2,20,21,22)/t9-,10-,12+,13?,14?,17+/m0/s1. The zero-order chi connectivity index (χ0) is 19.6. The molecule has 3 rings (SSSR count). The number of fused-ring (bicyclic) bond motifs is 1. The van der Waals surface area contributed by atoms with Gasteiger partial charge in [0.2, 0.25) is 0 Å². The first-order valence-corrected chi connectivity index (χ1v) is 8.95. The lowest BCUT2D eigenvalue weighted by Gasteiger charge is -2.21. The van der Waals surface area contributed by atoms with Gasteiger partial charge in [0.1, 0.15) is 36.3 Å². The number of ether oxygens (including phenoxy) is 1. The second-order valence-electron chi connectivity index (χ2n) is 6.98. The van der Waals surface area contributed by atoms with Crippen molar-refractivity contribution in [2.45, 2.75) is 49.8 Å². The second kappa shape index (κ2) is 8.28. The minimum absolute atomic E-state index is 0.0148. The maximum atomic E-state index is 10.7. The van der Waals surface area contributed by atoms with Gasteiger partial charge in [-0.3, -0.25) is 0 Å². The summed E-state index contributed by atoms with van der Waals surface area (Å²) in [5, 5.41) is 21.6. The highest BCUT2D eigenvalue weighted by Gasteiger charge is 2.44. The van der Waals surface area contributed by atoms with E-state index in [1.54, 1.807) is 16.8 Å². The molecule has 0 aromatic carbocycles. The first-order valence-electron chi connectivity index (χ1n) is 8.95. The molecule has 148 valence electrons. The number of nitrogens with zero attached hydrogens (tertiary/aromatic N) is 3. The highest BCUT2D eigenvalue weighted by atomic mass is 16.6. The summed E-state index contributed by atoms with van der Waals surface area (Å²) in [4.78, 5) is 18.8. The van der Waals surface area contributed by atoms with Gasteiger partial charge >= 0.3 is 0 Å². The highest BCUT2D eigenvalue weighted by Crippen LogP contribution is 2.35. The molecular formula is C17H26N6O4. The van der Waals surface area contributed by atoms with E-state index in [4.69, 9.17) is 21.9 Å². The van der Waals surface area contributed by atoms with Crippen molar-refractivity contribution in [1.82, 2.24) is 14.5 Å². The Bertz CT molecular complexity index is 784. The van der Waals surface area contributed by atoms with Gasteiger partial charge < -0.3 is 41.5 Å². The third kappa shape index (κ3) is 3.94. The Hall–Kier alpha value is -2.11. The average Bonchev–Trinajstić information content (AvgIpc) is 3.22. The Morgan fingerprint density at radius 1 is 1.30 bits per heavy atom. The normalized spacial score (nSPS) is 27.7. The molecule has 10 heteroatoms. The Balaban J connectivity index is 1.73. The maximum absolute atomic E-state index is 10.7. The number of aliphatic hydroxyl groups is 2. The van der Waals surface area contributed by atoms with Crippen LogP contribution in [0.25, 0.3) is 11.0 Å². The molecule has 6 atom stereocenters. The topological polar surface area (TPSA) is 176 Å². The van der Waals surface area contributed by atoms with Crippen molar-refractivity contribution in [1.29, 1.82) is 0 Å². The Morgan fingerprint density at radius 2 is 2.07 bits per heavy atom. The van der Waals surface area contributed by atoms with Gasteiger partial charge in [0.05, 0.1) is 17.5 Å². The molecule has 0 spiro atoms. The minimum atomic E-state index is -1.13. The summed E-state index contributed by atoms with van der Waals surface area (Å²) >= 11 is 0. The van der Waals surface area contributed by atoms with E-state index < -0.39 is 30.6 Å². The fourth-order valence-electron chi connectivity index (χ4n) is 3.51. The summed E-state index contributed by atoms with van der Waals surface area (Å²) in [6.07, 6.45) is 1.75. The van der Waals surface area contributed by atoms with Gasteiger partial charge in [0.25, 0.3) is 0 Å². The van der Waals surface area contributed by atoms with Gasteiger partial charge in [0.15, 0.2) is 6.23 Å². The van der Waals surface area contributed by atoms with Gasteiger partial charge in [-0.15, -0.1) is 0 Å². The summed E-state index contributed by atoms with van der Waals surface area (Å²) in [7, 11) is 0. The van der Waals surface area contributed by atoms with Crippen LogP contribution in [0.3, 0.4) is 0 Å². The fraction of sp³-hybridized carbons (Fsp3) is 0.588. The molecule has 0 radical (unpaired) electrons. The molecule has 2 aromatic heterocycles. The Morgan fingerprint density at radius 3 is 2.78 bits per heavy atom. The van der Waals surface area contributed by atoms with Crippen molar-refractivity contribution in [3.05, 3.63) is 18.6 Å². The quantitative estimate of drug-likeness (QED) is 0.357. The van der Waals surface area contributed by atoms with E-state index in [0.29, 0.717) is 48.9 Å². The lowest BCUT2D eigenvalue weighted by Crippen LogP contribution is -2.34. The number of carbonyl (C=O) groups is 1. The number of aromatic nitrogens is 3. The Kier molecular flexibility index (Phi) is 6.02. The monoisotopic (exact) mass is 378 g/mol. The summed E-state index contributed by atoms with van der Waals surface area (Å²) in [6.45, 7) is 0.370. The van der Waals surface area contributed by atoms with E-state index in [-0.39, 0.29) is 5.92 Å². The molecule has 2 unspecified atom stereocenters. The SMILES string of the molecule is NC[C@@H](CC[C@H](N)C=O)C[C@H]1O[C@@H](n2ccc3c(N)ncnc32)C(O)C1O. The van der Waals surface area contributed by atoms with Gasteiger partial charge in [-0.05, 0) is 37.8 Å². The van der Waals surface area contributed by atoms with Gasteiger partial charge in [-0.25, -0.2) is 9.97 Å². The second-order valence-corrected chi connectivity index (χ2v) is 6.98. The molecular weight excluding hydrogens is 352 g/mol. The summed E-state index contributed by atoms with van der Waals surface area (Å²) in [6, 6.07) is 1.22. The van der Waals surface area contributed by atoms with E-state index in [1.807, 2.05) is 0 Å². The Labute approximate surface area is 156 Å². The molecule has 2 aromatic rings. The van der Waals surface area contributed by atoms with Crippen molar-refractivity contribution in [3.63, 3.8) is 0 Å². The van der Waals surface area contributed by atoms with Gasteiger partial charge in [-0.2, -0.15) is 0 Å². The van der Waals surface area contributed by atoms with Crippen LogP contribution in [0, 0.1) is 5.92 Å². The third-order valence-electron chi connectivity index (χ3n) is 5.13. The lowest BCUT2D eigenvalue weighted by atomic mass is 9.92. The van der Waals surface area contributed by atoms with E-state index in [2.05, 4.69) is 9.97 Å². The van der Waals surface area contributed by atoms with Crippen LogP contribution in [0.4, 0.5) is 5.82 Å². The molecule has 0 aliphatic carbocycles. The number of anilines is 1. The predicted octanol–water partition coefficient (Wildman–Crippen LogP) is -1.10. The number of rotatable bonds is 8. The lowest BCUT2D eigenvalue weighted by molar-refractivity contribution is -0.109. The van der Waals surface area contributed by atoms with Gasteiger partial charge in [-0.1, -0.05) is 0 Å². The van der Waals surface area contributed by atoms with Crippen molar-refractivity contribution in [2.75, 3.05) is 12.3 Å². The summed E-state index contributed by atoms with van der Waals surface area (Å²) in [5.41, 5.74) is 17.8. The summed E-state index contributed by atoms with van der Waals surface area (Å²) < 4.78 is 7.59. The van der Waals surface area contributed by atoms with Crippen LogP contribution in [-0.4, -0.2) is 61.9 Å². The van der Waals surface area contributed by atoms with Crippen LogP contribution in [0.2, 0.25) is 0 Å². The van der Waals surface area contributed by atoms with Gasteiger partial charge in [0, 0.05) is 6.20 Å². The van der Waals surface area contributed by atoms with Crippen LogP contribution in [0.15, 0.2) is 18.6 Å². The van der Waals surface area contributed by atoms with Crippen molar-refractivity contribution in [3.8, 4) is 0 Å². The predicted molar refractivity (Wildman–Crippen MR) is 98.3 cm³/mol. The first-order chi connectivity index (χ1) is 13.0. The average molecular weight is 378 g/mol. The number of aldehydes is 1. The minimum Gasteiger partial charge on any atom is -0.388 e. The molecule has 27 heavy (non-hydrogen) atoms. The largest absolute Gasteiger partial charge is 0.388 e. The molecule has 10 nitrogen and oxygen atoms in total.